The number of nitrogens with zero attached hydrogens (tertiary/aromatic N) is 2. The molecule has 200 valence electrons. The predicted octanol–water partition coefficient (Wildman–Crippen LogP) is 2.08. The number of aromatic nitrogens is 2. The Hall–Kier alpha value is -3.36. The first-order valence-electron chi connectivity index (χ1n) is 11.4. The van der Waals surface area contributed by atoms with E-state index < -0.39 is 30.9 Å². The zero-order chi connectivity index (χ0) is 26.6. The van der Waals surface area contributed by atoms with Crippen molar-refractivity contribution in [2.45, 2.75) is 18.1 Å². The minimum atomic E-state index is -4.10. The smallest absolute Gasteiger partial charge is 0.237 e. The van der Waals surface area contributed by atoms with Crippen molar-refractivity contribution in [3.8, 4) is 17.2 Å². The van der Waals surface area contributed by atoms with E-state index in [2.05, 4.69) is 20.0 Å². The van der Waals surface area contributed by atoms with Gasteiger partial charge in [-0.2, -0.15) is 0 Å². The van der Waals surface area contributed by atoms with Gasteiger partial charge in [-0.15, -0.1) is 0 Å². The molecular weight excluding hydrogens is 524 g/mol. The molecule has 0 saturated carbocycles. The molecule has 0 unspecified atom stereocenters. The molecule has 1 saturated heterocycles. The number of methoxy groups -OCH3 is 2. The van der Waals surface area contributed by atoms with Gasteiger partial charge in [0.05, 0.1) is 54.3 Å². The highest BCUT2D eigenvalue weighted by molar-refractivity contribution is 7.97. The van der Waals surface area contributed by atoms with Gasteiger partial charge in [-0.25, -0.2) is 26.8 Å². The third-order valence-corrected chi connectivity index (χ3v) is 9.46. The van der Waals surface area contributed by atoms with E-state index in [9.17, 15) is 16.8 Å². The summed E-state index contributed by atoms with van der Waals surface area (Å²) in [5.74, 6) is 0.374. The predicted molar refractivity (Wildman–Crippen MR) is 139 cm³/mol. The van der Waals surface area contributed by atoms with Crippen LogP contribution in [0.4, 0.5) is 17.3 Å². The number of nitrogens with one attached hydrogen (secondary N) is 2. The van der Waals surface area contributed by atoms with Gasteiger partial charge in [0.2, 0.25) is 10.0 Å². The van der Waals surface area contributed by atoms with Crippen molar-refractivity contribution in [3.05, 3.63) is 36.4 Å². The van der Waals surface area contributed by atoms with Crippen LogP contribution in [-0.2, 0) is 19.9 Å². The lowest BCUT2D eigenvalue weighted by Crippen LogP contribution is -2.29. The summed E-state index contributed by atoms with van der Waals surface area (Å²) in [5.41, 5.74) is 1.28. The standard InChI is InChI=1S/C23H28N4O8S2/c1-33-15-12-19(21(20(13-15)34-2)35-10-5-9-28)26-22-23(25-18-7-4-3-6-17(18)24-22)27-37(31,32)16-8-11-36(29,30)14-16/h3-4,6-7,12-13,16,28H,5,8-11,14H2,1-2H3,(H,24,26)(H,25,27)/t16-/m0/s1. The first kappa shape index (κ1) is 26.7. The Balaban J connectivity index is 1.78. The molecule has 1 atom stereocenters. The summed E-state index contributed by atoms with van der Waals surface area (Å²) < 4.78 is 69.1. The van der Waals surface area contributed by atoms with Crippen molar-refractivity contribution in [2.24, 2.45) is 0 Å². The molecule has 1 fully saturated rings. The van der Waals surface area contributed by atoms with E-state index in [1.54, 1.807) is 36.4 Å². The molecule has 2 aromatic carbocycles. The number of rotatable bonds is 11. The molecule has 37 heavy (non-hydrogen) atoms. The second-order valence-corrected chi connectivity index (χ2v) is 12.5. The summed E-state index contributed by atoms with van der Waals surface area (Å²) >= 11 is 0. The van der Waals surface area contributed by atoms with Crippen LogP contribution in [-0.4, -0.2) is 76.1 Å². The Kier molecular flexibility index (Phi) is 7.90. The molecule has 1 aliphatic heterocycles. The van der Waals surface area contributed by atoms with Gasteiger partial charge in [0.15, 0.2) is 33.0 Å². The summed E-state index contributed by atoms with van der Waals surface area (Å²) in [6, 6.07) is 10.2. The molecular formula is C23H28N4O8S2. The van der Waals surface area contributed by atoms with Crippen LogP contribution in [0.25, 0.3) is 11.0 Å². The number of sulfonamides is 1. The third kappa shape index (κ3) is 6.14. The van der Waals surface area contributed by atoms with E-state index in [4.69, 9.17) is 19.3 Å². The van der Waals surface area contributed by atoms with Crippen LogP contribution in [0.5, 0.6) is 17.2 Å². The molecule has 1 aliphatic rings. The molecule has 1 aromatic heterocycles. The second kappa shape index (κ2) is 10.9. The van der Waals surface area contributed by atoms with Gasteiger partial charge in [-0.1, -0.05) is 12.1 Å². The summed E-state index contributed by atoms with van der Waals surface area (Å²) in [7, 11) is -4.59. The zero-order valence-electron chi connectivity index (χ0n) is 20.3. The maximum Gasteiger partial charge on any atom is 0.237 e. The first-order valence-corrected chi connectivity index (χ1v) is 14.8. The van der Waals surface area contributed by atoms with E-state index in [1.165, 1.54) is 14.2 Å². The number of para-hydroxylation sites is 2. The fraction of sp³-hybridized carbons (Fsp3) is 0.391. The van der Waals surface area contributed by atoms with Gasteiger partial charge in [-0.05, 0) is 18.6 Å². The summed E-state index contributed by atoms with van der Waals surface area (Å²) in [4.78, 5) is 9.02. The van der Waals surface area contributed by atoms with Crippen LogP contribution < -0.4 is 24.2 Å². The maximum absolute atomic E-state index is 13.1. The lowest BCUT2D eigenvalue weighted by molar-refractivity contribution is 0.228. The molecule has 12 nitrogen and oxygen atoms in total. The summed E-state index contributed by atoms with van der Waals surface area (Å²) in [6.07, 6.45) is 0.372. The molecule has 3 N–H and O–H groups in total. The fourth-order valence-corrected chi connectivity index (χ4v) is 7.87. The Morgan fingerprint density at radius 1 is 1.08 bits per heavy atom. The van der Waals surface area contributed by atoms with Gasteiger partial charge in [0.25, 0.3) is 0 Å². The number of aliphatic hydroxyl groups is 1. The molecule has 3 aromatic rings. The number of sulfone groups is 1. The zero-order valence-corrected chi connectivity index (χ0v) is 21.9. The van der Waals surface area contributed by atoms with E-state index >= 15 is 0 Å². The van der Waals surface area contributed by atoms with Gasteiger partial charge < -0.3 is 24.6 Å². The number of hydrogen-bond donors (Lipinski definition) is 3. The lowest BCUT2D eigenvalue weighted by Gasteiger charge is -2.19. The highest BCUT2D eigenvalue weighted by Crippen LogP contribution is 2.42. The van der Waals surface area contributed by atoms with Crippen LogP contribution in [0.15, 0.2) is 36.4 Å². The monoisotopic (exact) mass is 552 g/mol. The van der Waals surface area contributed by atoms with Crippen molar-refractivity contribution in [1.29, 1.82) is 0 Å². The van der Waals surface area contributed by atoms with Crippen LogP contribution in [0.1, 0.15) is 12.8 Å². The van der Waals surface area contributed by atoms with Gasteiger partial charge in [-0.3, -0.25) is 4.72 Å². The van der Waals surface area contributed by atoms with Crippen molar-refractivity contribution in [3.63, 3.8) is 0 Å². The topological polar surface area (TPSA) is 166 Å². The van der Waals surface area contributed by atoms with Crippen molar-refractivity contribution in [2.75, 3.05) is 49.0 Å². The maximum atomic E-state index is 13.1. The lowest BCUT2D eigenvalue weighted by atomic mass is 10.2. The average Bonchev–Trinajstić information content (AvgIpc) is 3.25. The molecule has 0 radical (unpaired) electrons. The quantitative estimate of drug-likeness (QED) is 0.298. The van der Waals surface area contributed by atoms with Gasteiger partial charge in [0, 0.05) is 25.2 Å². The number of anilines is 3. The van der Waals surface area contributed by atoms with E-state index in [1.807, 2.05) is 0 Å². The molecule has 4 rings (SSSR count). The highest BCUT2D eigenvalue weighted by atomic mass is 32.2. The molecule has 0 bridgehead atoms. The largest absolute Gasteiger partial charge is 0.497 e. The second-order valence-electron chi connectivity index (χ2n) is 8.34. The normalized spacial score (nSPS) is 16.9. The Morgan fingerprint density at radius 2 is 1.78 bits per heavy atom. The molecule has 0 spiro atoms. The SMILES string of the molecule is COc1cc(Nc2nc3ccccc3nc2NS(=O)(=O)[C@H]2CCS(=O)(=O)C2)c(OCCCO)c(OC)c1. The van der Waals surface area contributed by atoms with Crippen LogP contribution >= 0.6 is 0 Å². The van der Waals surface area contributed by atoms with E-state index in [0.29, 0.717) is 40.4 Å². The Morgan fingerprint density at radius 3 is 2.38 bits per heavy atom. The van der Waals surface area contributed by atoms with Crippen LogP contribution in [0.3, 0.4) is 0 Å². The fourth-order valence-electron chi connectivity index (χ4n) is 3.84. The molecule has 0 aliphatic carbocycles. The average molecular weight is 553 g/mol. The van der Waals surface area contributed by atoms with E-state index in [0.717, 1.165) is 0 Å². The summed E-state index contributed by atoms with van der Waals surface area (Å²) in [5, 5.41) is 11.1. The van der Waals surface area contributed by atoms with Crippen LogP contribution in [0.2, 0.25) is 0 Å². The first-order chi connectivity index (χ1) is 17.7. The Bertz CT molecular complexity index is 1500. The third-order valence-electron chi connectivity index (χ3n) is 5.72. The van der Waals surface area contributed by atoms with Crippen molar-refractivity contribution >= 4 is 48.2 Å². The van der Waals surface area contributed by atoms with Crippen molar-refractivity contribution < 1.29 is 36.2 Å². The number of benzene rings is 2. The highest BCUT2D eigenvalue weighted by Gasteiger charge is 2.38. The minimum absolute atomic E-state index is 0.00261. The molecule has 2 heterocycles. The van der Waals surface area contributed by atoms with Gasteiger partial charge in [0.1, 0.15) is 5.75 Å². The Labute approximate surface area is 215 Å². The number of aliphatic hydroxyl groups excluding tert-OH is 1. The minimum Gasteiger partial charge on any atom is -0.497 e. The van der Waals surface area contributed by atoms with Crippen LogP contribution in [0, 0.1) is 0 Å². The molecule has 14 heteroatoms. The summed E-state index contributed by atoms with van der Waals surface area (Å²) in [6.45, 7) is 0.118. The van der Waals surface area contributed by atoms with Crippen molar-refractivity contribution in [1.82, 2.24) is 9.97 Å². The number of hydrogen-bond acceptors (Lipinski definition) is 11. The van der Waals surface area contributed by atoms with Gasteiger partial charge >= 0.3 is 0 Å². The number of ether oxygens (including phenoxy) is 3. The number of fused-ring (bicyclic) bond motifs is 1. The molecule has 0 amide bonds. The van der Waals surface area contributed by atoms with E-state index in [-0.39, 0.29) is 37.0 Å².